The maximum Gasteiger partial charge on any atom is 0.263 e. The molecule has 7 rings (SSSR count). The number of amides is 1. The number of nitrogens with one attached hydrogen (secondary N) is 1. The first-order valence-electron chi connectivity index (χ1n) is 12.3. The Morgan fingerprint density at radius 1 is 1.15 bits per heavy atom. The Bertz CT molecular complexity index is 1240. The maximum atomic E-state index is 13.4. The van der Waals surface area contributed by atoms with Gasteiger partial charge in [-0.05, 0) is 81.1 Å². The highest BCUT2D eigenvalue weighted by Crippen LogP contribution is 2.61. The highest BCUT2D eigenvalue weighted by molar-refractivity contribution is 7.19. The first kappa shape index (κ1) is 21.1. The highest BCUT2D eigenvalue weighted by Gasteiger charge is 2.53. The highest BCUT2D eigenvalue weighted by atomic mass is 32.1. The largest absolute Gasteiger partial charge is 0.352 e. The molecule has 6 heteroatoms. The summed E-state index contributed by atoms with van der Waals surface area (Å²) in [4.78, 5) is 32.8. The van der Waals surface area contributed by atoms with Gasteiger partial charge in [-0.3, -0.25) is 14.2 Å². The molecule has 4 saturated carbocycles. The van der Waals surface area contributed by atoms with Gasteiger partial charge in [-0.25, -0.2) is 4.98 Å². The van der Waals surface area contributed by atoms with Crippen LogP contribution in [0.5, 0.6) is 0 Å². The number of hydrogen-bond acceptors (Lipinski definition) is 4. The molecule has 2 heterocycles. The minimum atomic E-state index is -0.138. The van der Waals surface area contributed by atoms with Crippen LogP contribution in [0.1, 0.15) is 50.3 Å². The van der Waals surface area contributed by atoms with Gasteiger partial charge in [0.1, 0.15) is 11.4 Å². The summed E-state index contributed by atoms with van der Waals surface area (Å²) in [5, 5.41) is 3.91. The van der Waals surface area contributed by atoms with Crippen molar-refractivity contribution in [3.63, 3.8) is 0 Å². The summed E-state index contributed by atoms with van der Waals surface area (Å²) in [6.45, 7) is 4.23. The lowest BCUT2D eigenvalue weighted by Gasteiger charge is -2.59. The Hall–Kier alpha value is -2.47. The van der Waals surface area contributed by atoms with Gasteiger partial charge in [-0.2, -0.15) is 0 Å². The molecule has 3 aromatic rings. The fourth-order valence-corrected chi connectivity index (χ4v) is 8.51. The number of rotatable bonds is 5. The van der Waals surface area contributed by atoms with E-state index in [0.717, 1.165) is 38.6 Å². The van der Waals surface area contributed by atoms with Crippen LogP contribution in [-0.2, 0) is 11.3 Å². The molecule has 0 spiro atoms. The molecule has 5 nitrogen and oxygen atoms in total. The Morgan fingerprint density at radius 2 is 1.79 bits per heavy atom. The molecule has 4 aliphatic rings. The fourth-order valence-electron chi connectivity index (χ4n) is 7.51. The molecule has 4 fully saturated rings. The fraction of sp³-hybridized carbons (Fsp3) is 0.519. The molecule has 0 saturated heterocycles. The number of thiophene rings is 1. The monoisotopic (exact) mass is 461 g/mol. The molecule has 4 bridgehead atoms. The normalized spacial score (nSPS) is 28.8. The van der Waals surface area contributed by atoms with Gasteiger partial charge in [0, 0.05) is 16.5 Å². The molecule has 1 atom stereocenters. The number of hydrogen-bond donors (Lipinski definition) is 1. The molecule has 1 N–H and O–H groups in total. The van der Waals surface area contributed by atoms with Gasteiger partial charge in [-0.15, -0.1) is 11.3 Å². The van der Waals surface area contributed by atoms with Crippen molar-refractivity contribution in [2.75, 3.05) is 0 Å². The smallest absolute Gasteiger partial charge is 0.263 e. The summed E-state index contributed by atoms with van der Waals surface area (Å²) in [7, 11) is 0. The molecule has 33 heavy (non-hydrogen) atoms. The third kappa shape index (κ3) is 3.54. The predicted molar refractivity (Wildman–Crippen MR) is 132 cm³/mol. The van der Waals surface area contributed by atoms with Crippen molar-refractivity contribution >= 4 is 27.5 Å². The topological polar surface area (TPSA) is 64.0 Å². The van der Waals surface area contributed by atoms with E-state index in [2.05, 4.69) is 17.2 Å². The van der Waals surface area contributed by atoms with Gasteiger partial charge >= 0.3 is 0 Å². The molecular formula is C27H31N3O2S. The molecular weight excluding hydrogens is 430 g/mol. The van der Waals surface area contributed by atoms with Crippen LogP contribution in [0.4, 0.5) is 0 Å². The zero-order valence-electron chi connectivity index (χ0n) is 19.3. The Labute approximate surface area is 198 Å². The van der Waals surface area contributed by atoms with Crippen molar-refractivity contribution in [2.24, 2.45) is 23.2 Å². The van der Waals surface area contributed by atoms with E-state index in [9.17, 15) is 9.59 Å². The summed E-state index contributed by atoms with van der Waals surface area (Å²) >= 11 is 1.53. The Kier molecular flexibility index (Phi) is 4.98. The van der Waals surface area contributed by atoms with Crippen molar-refractivity contribution in [2.45, 2.75) is 65.0 Å². The Morgan fingerprint density at radius 3 is 2.42 bits per heavy atom. The average molecular weight is 462 g/mol. The molecule has 1 aromatic carbocycles. The number of aromatic nitrogens is 2. The second-order valence-corrected chi connectivity index (χ2v) is 12.0. The third-order valence-electron chi connectivity index (χ3n) is 8.61. The average Bonchev–Trinajstić information content (AvgIpc) is 3.12. The van der Waals surface area contributed by atoms with E-state index in [-0.39, 0.29) is 29.5 Å². The second kappa shape index (κ2) is 7.79. The van der Waals surface area contributed by atoms with Crippen molar-refractivity contribution < 1.29 is 4.79 Å². The van der Waals surface area contributed by atoms with Crippen molar-refractivity contribution in [1.29, 1.82) is 0 Å². The van der Waals surface area contributed by atoms with Gasteiger partial charge in [0.15, 0.2) is 0 Å². The van der Waals surface area contributed by atoms with Gasteiger partial charge in [-0.1, -0.05) is 30.3 Å². The molecule has 0 radical (unpaired) electrons. The van der Waals surface area contributed by atoms with E-state index >= 15 is 0 Å². The van der Waals surface area contributed by atoms with Crippen LogP contribution in [0.3, 0.4) is 0 Å². The first-order valence-corrected chi connectivity index (χ1v) is 13.1. The van der Waals surface area contributed by atoms with E-state index in [1.807, 2.05) is 37.3 Å². The van der Waals surface area contributed by atoms with Crippen LogP contribution in [0, 0.1) is 30.1 Å². The van der Waals surface area contributed by atoms with Crippen LogP contribution < -0.4 is 10.9 Å². The van der Waals surface area contributed by atoms with Gasteiger partial charge in [0.25, 0.3) is 5.56 Å². The minimum absolute atomic E-state index is 0.0155. The van der Waals surface area contributed by atoms with Crippen molar-refractivity contribution in [1.82, 2.24) is 14.9 Å². The number of aryl methyl sites for hydroxylation is 1. The lowest BCUT2D eigenvalue weighted by atomic mass is 9.48. The number of nitrogens with zero attached hydrogens (tertiary/aromatic N) is 2. The van der Waals surface area contributed by atoms with E-state index in [4.69, 9.17) is 0 Å². The summed E-state index contributed by atoms with van der Waals surface area (Å²) < 4.78 is 1.47. The van der Waals surface area contributed by atoms with Crippen LogP contribution in [0.15, 0.2) is 41.5 Å². The third-order valence-corrected chi connectivity index (χ3v) is 9.63. The molecule has 4 aliphatic carbocycles. The van der Waals surface area contributed by atoms with Gasteiger partial charge in [0.05, 0.1) is 11.7 Å². The first-order chi connectivity index (χ1) is 15.9. The number of fused-ring (bicyclic) bond motifs is 1. The number of benzene rings is 1. The summed E-state index contributed by atoms with van der Waals surface area (Å²) in [6, 6.07) is 10.1. The summed E-state index contributed by atoms with van der Waals surface area (Å²) in [5.74, 6) is 2.46. The van der Waals surface area contributed by atoms with Crippen LogP contribution >= 0.6 is 11.3 Å². The van der Waals surface area contributed by atoms with Crippen molar-refractivity contribution in [3.8, 4) is 11.1 Å². The number of carbonyl (C=O) groups excluding carboxylic acids is 1. The lowest BCUT2D eigenvalue weighted by Crippen LogP contribution is -2.56. The zero-order valence-corrected chi connectivity index (χ0v) is 20.2. The second-order valence-electron chi connectivity index (χ2n) is 10.8. The van der Waals surface area contributed by atoms with Crippen molar-refractivity contribution in [3.05, 3.63) is 51.9 Å². The zero-order chi connectivity index (χ0) is 22.7. The van der Waals surface area contributed by atoms with E-state index in [1.54, 1.807) is 0 Å². The molecule has 0 unspecified atom stereocenters. The molecule has 0 aliphatic heterocycles. The molecule has 1 amide bonds. The molecule has 172 valence electrons. The number of carbonyl (C=O) groups is 1. The quantitative estimate of drug-likeness (QED) is 0.571. The maximum absolute atomic E-state index is 13.4. The van der Waals surface area contributed by atoms with E-state index in [0.29, 0.717) is 5.39 Å². The minimum Gasteiger partial charge on any atom is -0.352 e. The van der Waals surface area contributed by atoms with Crippen LogP contribution in [0.2, 0.25) is 0 Å². The van der Waals surface area contributed by atoms with Crippen LogP contribution in [0.25, 0.3) is 21.3 Å². The van der Waals surface area contributed by atoms with E-state index in [1.165, 1.54) is 60.8 Å². The van der Waals surface area contributed by atoms with Gasteiger partial charge < -0.3 is 5.32 Å². The van der Waals surface area contributed by atoms with E-state index < -0.39 is 0 Å². The SMILES string of the molecule is Cc1sc2ncn(CC(=O)N[C@@H](C)C34CC5CC(CC(C5)C3)C4)c(=O)c2c1-c1ccccc1. The summed E-state index contributed by atoms with van der Waals surface area (Å²) in [6.07, 6.45) is 9.47. The summed E-state index contributed by atoms with van der Waals surface area (Å²) in [5.41, 5.74) is 2.06. The standard InChI is InChI=1S/C27H31N3O2S/c1-16-23(21-6-4-3-5-7-21)24-25(33-16)28-15-30(26(24)32)14-22(31)29-17(2)27-11-18-8-19(12-27)10-20(9-18)13-27/h3-7,15,17-20H,8-14H2,1-2H3,(H,29,31)/t17-,18?,19?,20?,27?/m0/s1. The molecule has 2 aromatic heterocycles. The lowest BCUT2D eigenvalue weighted by molar-refractivity contribution is -0.126. The Balaban J connectivity index is 1.25. The predicted octanol–water partition coefficient (Wildman–Crippen LogP) is 5.15. The van der Waals surface area contributed by atoms with Gasteiger partial charge in [0.2, 0.25) is 5.91 Å². The van der Waals surface area contributed by atoms with Crippen LogP contribution in [-0.4, -0.2) is 21.5 Å².